The number of hydrogen-bond donors (Lipinski definition) is 0. The highest BCUT2D eigenvalue weighted by atomic mass is 16.6. The van der Waals surface area contributed by atoms with E-state index in [9.17, 15) is 0 Å². The molecule has 4 heteroatoms. The van der Waals surface area contributed by atoms with Crippen LogP contribution in [0.2, 0.25) is 0 Å². The molecule has 6 atom stereocenters. The third-order valence-corrected chi connectivity index (χ3v) is 5.06. The second-order valence-electron chi connectivity index (χ2n) is 5.87. The highest BCUT2D eigenvalue weighted by molar-refractivity contribution is 5.12. The SMILES string of the molecule is COC(C)C1C(C2CO2)C([C@@H]2CO2)C1C1CO1. The lowest BCUT2D eigenvalue weighted by Gasteiger charge is -2.53. The lowest BCUT2D eigenvalue weighted by atomic mass is 9.52. The maximum atomic E-state index is 5.57. The van der Waals surface area contributed by atoms with Gasteiger partial charge in [0.2, 0.25) is 0 Å². The normalized spacial score (nSPS) is 57.2. The molecular formula is C13H20O4. The minimum Gasteiger partial charge on any atom is -0.381 e. The van der Waals surface area contributed by atoms with E-state index in [0.717, 1.165) is 19.8 Å². The van der Waals surface area contributed by atoms with E-state index in [2.05, 4.69) is 6.92 Å². The maximum absolute atomic E-state index is 5.57. The molecule has 3 saturated heterocycles. The Morgan fingerprint density at radius 3 is 1.65 bits per heavy atom. The van der Waals surface area contributed by atoms with Crippen LogP contribution in [0, 0.1) is 23.7 Å². The molecule has 5 unspecified atom stereocenters. The molecule has 4 fully saturated rings. The third kappa shape index (κ3) is 1.65. The van der Waals surface area contributed by atoms with Crippen molar-refractivity contribution in [3.63, 3.8) is 0 Å². The molecule has 3 aliphatic heterocycles. The van der Waals surface area contributed by atoms with Crippen molar-refractivity contribution in [1.82, 2.24) is 0 Å². The molecule has 0 aromatic heterocycles. The average molecular weight is 240 g/mol. The Hall–Kier alpha value is -0.160. The second-order valence-corrected chi connectivity index (χ2v) is 5.87. The topological polar surface area (TPSA) is 46.8 Å². The maximum Gasteiger partial charge on any atom is 0.0845 e. The molecular weight excluding hydrogens is 220 g/mol. The molecule has 4 aliphatic rings. The van der Waals surface area contributed by atoms with E-state index in [1.807, 2.05) is 0 Å². The molecule has 1 aliphatic carbocycles. The molecule has 96 valence electrons. The van der Waals surface area contributed by atoms with Gasteiger partial charge < -0.3 is 18.9 Å². The highest BCUT2D eigenvalue weighted by Gasteiger charge is 2.66. The Bertz CT molecular complexity index is 289. The molecule has 17 heavy (non-hydrogen) atoms. The van der Waals surface area contributed by atoms with E-state index < -0.39 is 0 Å². The molecule has 0 N–H and O–H groups in total. The van der Waals surface area contributed by atoms with Crippen LogP contribution < -0.4 is 0 Å². The van der Waals surface area contributed by atoms with Gasteiger partial charge in [0.25, 0.3) is 0 Å². The number of hydrogen-bond acceptors (Lipinski definition) is 4. The van der Waals surface area contributed by atoms with Crippen LogP contribution >= 0.6 is 0 Å². The van der Waals surface area contributed by atoms with E-state index in [1.54, 1.807) is 7.11 Å². The van der Waals surface area contributed by atoms with Crippen LogP contribution in [0.5, 0.6) is 0 Å². The van der Waals surface area contributed by atoms with Gasteiger partial charge in [0.05, 0.1) is 44.2 Å². The third-order valence-electron chi connectivity index (χ3n) is 5.06. The lowest BCUT2D eigenvalue weighted by Crippen LogP contribution is -2.58. The number of ether oxygens (including phenoxy) is 4. The Morgan fingerprint density at radius 2 is 1.29 bits per heavy atom. The Morgan fingerprint density at radius 1 is 0.882 bits per heavy atom. The number of methoxy groups -OCH3 is 1. The van der Waals surface area contributed by atoms with Gasteiger partial charge in [-0.1, -0.05) is 0 Å². The smallest absolute Gasteiger partial charge is 0.0845 e. The van der Waals surface area contributed by atoms with Crippen molar-refractivity contribution in [3.8, 4) is 0 Å². The van der Waals surface area contributed by atoms with E-state index >= 15 is 0 Å². The fraction of sp³-hybridized carbons (Fsp3) is 1.00. The molecule has 4 rings (SSSR count). The van der Waals surface area contributed by atoms with Gasteiger partial charge in [-0.05, 0) is 30.6 Å². The molecule has 0 aromatic carbocycles. The summed E-state index contributed by atoms with van der Waals surface area (Å²) in [6.45, 7) is 4.97. The van der Waals surface area contributed by atoms with Gasteiger partial charge in [-0.25, -0.2) is 0 Å². The van der Waals surface area contributed by atoms with Gasteiger partial charge in [-0.15, -0.1) is 0 Å². The second kappa shape index (κ2) is 3.67. The van der Waals surface area contributed by atoms with Crippen LogP contribution in [0.15, 0.2) is 0 Å². The van der Waals surface area contributed by atoms with E-state index in [0.29, 0.717) is 48.1 Å². The van der Waals surface area contributed by atoms with Crippen LogP contribution in [-0.2, 0) is 18.9 Å². The summed E-state index contributed by atoms with van der Waals surface area (Å²) in [6, 6.07) is 0. The van der Waals surface area contributed by atoms with Crippen molar-refractivity contribution < 1.29 is 18.9 Å². The van der Waals surface area contributed by atoms with Crippen LogP contribution in [0.25, 0.3) is 0 Å². The number of epoxide rings is 3. The summed E-state index contributed by atoms with van der Waals surface area (Å²) in [4.78, 5) is 0. The first-order valence-electron chi connectivity index (χ1n) is 6.69. The summed E-state index contributed by atoms with van der Waals surface area (Å²) >= 11 is 0. The summed E-state index contributed by atoms with van der Waals surface area (Å²) < 4.78 is 22.2. The zero-order chi connectivity index (χ0) is 11.6. The Labute approximate surface area is 102 Å². The average Bonchev–Trinajstić information content (AvgIpc) is 3.13. The van der Waals surface area contributed by atoms with Crippen LogP contribution in [0.4, 0.5) is 0 Å². The standard InChI is InChI=1S/C13H20O4/c1-6(14-2)10-11(7-3-15-7)13(9-5-17-9)12(10)8-4-16-8/h6-13H,3-5H2,1-2H3/t6?,7?,8?,9-,10?,11?,12?,13?/m0/s1. The largest absolute Gasteiger partial charge is 0.381 e. The van der Waals surface area contributed by atoms with Gasteiger partial charge in [-0.2, -0.15) is 0 Å². The van der Waals surface area contributed by atoms with Crippen molar-refractivity contribution in [2.45, 2.75) is 31.3 Å². The van der Waals surface area contributed by atoms with Gasteiger partial charge >= 0.3 is 0 Å². The van der Waals surface area contributed by atoms with Gasteiger partial charge in [-0.3, -0.25) is 0 Å². The van der Waals surface area contributed by atoms with Crippen LogP contribution in [0.1, 0.15) is 6.92 Å². The zero-order valence-electron chi connectivity index (χ0n) is 10.4. The quantitative estimate of drug-likeness (QED) is 0.664. The first-order chi connectivity index (χ1) is 8.31. The lowest BCUT2D eigenvalue weighted by molar-refractivity contribution is -0.129. The molecule has 1 saturated carbocycles. The Kier molecular flexibility index (Phi) is 2.32. The van der Waals surface area contributed by atoms with Crippen molar-refractivity contribution in [1.29, 1.82) is 0 Å². The summed E-state index contributed by atoms with van der Waals surface area (Å²) in [7, 11) is 1.81. The van der Waals surface area contributed by atoms with Crippen LogP contribution in [-0.4, -0.2) is 51.3 Å². The zero-order valence-corrected chi connectivity index (χ0v) is 10.4. The van der Waals surface area contributed by atoms with Crippen molar-refractivity contribution >= 4 is 0 Å². The molecule has 0 bridgehead atoms. The molecule has 3 heterocycles. The highest BCUT2D eigenvalue weighted by Crippen LogP contribution is 2.60. The minimum atomic E-state index is 0.299. The van der Waals surface area contributed by atoms with Crippen molar-refractivity contribution in [3.05, 3.63) is 0 Å². The van der Waals surface area contributed by atoms with E-state index in [1.165, 1.54) is 0 Å². The summed E-state index contributed by atoms with van der Waals surface area (Å²) in [6.07, 6.45) is 1.69. The molecule has 4 nitrogen and oxygen atoms in total. The van der Waals surface area contributed by atoms with Crippen molar-refractivity contribution in [2.24, 2.45) is 23.7 Å². The number of rotatable bonds is 5. The van der Waals surface area contributed by atoms with Gasteiger partial charge in [0, 0.05) is 7.11 Å². The Balaban J connectivity index is 1.56. The molecule has 0 spiro atoms. The van der Waals surface area contributed by atoms with Gasteiger partial charge in [0.15, 0.2) is 0 Å². The van der Waals surface area contributed by atoms with Crippen molar-refractivity contribution in [2.75, 3.05) is 26.9 Å². The van der Waals surface area contributed by atoms with E-state index in [4.69, 9.17) is 18.9 Å². The molecule has 0 radical (unpaired) electrons. The minimum absolute atomic E-state index is 0.299. The summed E-state index contributed by atoms with van der Waals surface area (Å²) in [5, 5.41) is 0. The summed E-state index contributed by atoms with van der Waals surface area (Å²) in [5.74, 6) is 2.50. The fourth-order valence-corrected chi connectivity index (χ4v) is 3.98. The fourth-order valence-electron chi connectivity index (χ4n) is 3.98. The molecule has 0 aromatic rings. The first-order valence-corrected chi connectivity index (χ1v) is 6.69. The van der Waals surface area contributed by atoms with E-state index in [-0.39, 0.29) is 0 Å². The summed E-state index contributed by atoms with van der Waals surface area (Å²) in [5.41, 5.74) is 0. The van der Waals surface area contributed by atoms with Gasteiger partial charge in [0.1, 0.15) is 0 Å². The molecule has 0 amide bonds. The van der Waals surface area contributed by atoms with Crippen LogP contribution in [0.3, 0.4) is 0 Å². The monoisotopic (exact) mass is 240 g/mol. The first kappa shape index (κ1) is 10.7. The predicted octanol–water partition coefficient (Wildman–Crippen LogP) is 0.696. The predicted molar refractivity (Wildman–Crippen MR) is 59.7 cm³/mol.